The van der Waals surface area contributed by atoms with E-state index in [0.717, 1.165) is 0 Å². The van der Waals surface area contributed by atoms with Crippen molar-refractivity contribution < 1.29 is 29.4 Å². The van der Waals surface area contributed by atoms with E-state index < -0.39 is 54.5 Å². The molecule has 3 amide bonds. The maximum Gasteiger partial charge on any atom is 0.326 e. The third-order valence-electron chi connectivity index (χ3n) is 4.31. The molecular weight excluding hydrogens is 388 g/mol. The number of carbonyl (C=O) groups excluding carboxylic acids is 3. The van der Waals surface area contributed by atoms with Gasteiger partial charge >= 0.3 is 5.97 Å². The first-order valence-corrected chi connectivity index (χ1v) is 10.5. The second-order valence-corrected chi connectivity index (χ2v) is 7.56. The van der Waals surface area contributed by atoms with Crippen molar-refractivity contribution in [1.29, 1.82) is 0 Å². The zero-order valence-corrected chi connectivity index (χ0v) is 17.5. The average Bonchev–Trinajstić information content (AvgIpc) is 2.66. The molecule has 0 radical (unpaired) electrons. The number of hydrogen-bond acceptors (Lipinski definition) is 7. The van der Waals surface area contributed by atoms with E-state index in [1.807, 2.05) is 13.2 Å². The van der Waals surface area contributed by atoms with Gasteiger partial charge in [-0.1, -0.05) is 20.3 Å². The summed E-state index contributed by atoms with van der Waals surface area (Å²) in [5.41, 5.74) is 5.45. The van der Waals surface area contributed by atoms with Crippen molar-refractivity contribution in [3.8, 4) is 0 Å². The fourth-order valence-corrected chi connectivity index (χ4v) is 2.68. The number of amides is 3. The van der Waals surface area contributed by atoms with Gasteiger partial charge in [-0.15, -0.1) is 0 Å². The van der Waals surface area contributed by atoms with Gasteiger partial charge < -0.3 is 31.9 Å². The molecule has 0 saturated carbocycles. The molecule has 0 aliphatic heterocycles. The lowest BCUT2D eigenvalue weighted by molar-refractivity contribution is -0.143. The Morgan fingerprint density at radius 1 is 1.04 bits per heavy atom. The Morgan fingerprint density at radius 2 is 1.64 bits per heavy atom. The van der Waals surface area contributed by atoms with Crippen molar-refractivity contribution in [1.82, 2.24) is 16.0 Å². The third-order valence-corrected chi connectivity index (χ3v) is 4.95. The molecule has 0 aliphatic rings. The summed E-state index contributed by atoms with van der Waals surface area (Å²) in [5, 5.41) is 25.6. The first-order chi connectivity index (χ1) is 13.1. The minimum absolute atomic E-state index is 0.280. The van der Waals surface area contributed by atoms with Crippen LogP contribution in [0.4, 0.5) is 0 Å². The van der Waals surface area contributed by atoms with E-state index in [2.05, 4.69) is 16.0 Å². The number of nitrogens with two attached hydrogens (primary N) is 1. The number of carboxylic acid groups (broad SMARTS) is 1. The third kappa shape index (κ3) is 8.89. The number of hydrogen-bond donors (Lipinski definition) is 6. The lowest BCUT2D eigenvalue weighted by Gasteiger charge is -2.24. The Bertz CT molecular complexity index is 548. The van der Waals surface area contributed by atoms with E-state index in [-0.39, 0.29) is 5.92 Å². The molecule has 0 aromatic carbocycles. The van der Waals surface area contributed by atoms with Gasteiger partial charge in [0.25, 0.3) is 0 Å². The smallest absolute Gasteiger partial charge is 0.326 e. The van der Waals surface area contributed by atoms with Crippen LogP contribution in [0.15, 0.2) is 0 Å². The maximum absolute atomic E-state index is 12.5. The highest BCUT2D eigenvalue weighted by molar-refractivity contribution is 7.98. The van der Waals surface area contributed by atoms with Crippen LogP contribution in [0.3, 0.4) is 0 Å². The van der Waals surface area contributed by atoms with Crippen molar-refractivity contribution in [3.63, 3.8) is 0 Å². The molecule has 0 aromatic heterocycles. The second kappa shape index (κ2) is 13.3. The van der Waals surface area contributed by atoms with Gasteiger partial charge in [-0.3, -0.25) is 14.4 Å². The molecule has 0 aliphatic carbocycles. The van der Waals surface area contributed by atoms with Gasteiger partial charge in [-0.05, 0) is 31.3 Å². The van der Waals surface area contributed by atoms with Crippen LogP contribution in [-0.2, 0) is 19.2 Å². The van der Waals surface area contributed by atoms with Crippen molar-refractivity contribution in [2.45, 2.75) is 57.8 Å². The molecule has 10 nitrogen and oxygen atoms in total. The molecule has 162 valence electrons. The summed E-state index contributed by atoms with van der Waals surface area (Å²) in [5.74, 6) is -2.76. The van der Waals surface area contributed by atoms with Crippen molar-refractivity contribution in [2.75, 3.05) is 18.6 Å². The fourth-order valence-electron chi connectivity index (χ4n) is 2.21. The SMILES string of the molecule is CCC(C)C(NC(=O)C(C)NC(=O)C(CCSC)NC(=O)C(N)CO)C(=O)O. The van der Waals surface area contributed by atoms with Crippen molar-refractivity contribution in [3.05, 3.63) is 0 Å². The summed E-state index contributed by atoms with van der Waals surface area (Å²) in [7, 11) is 0. The van der Waals surface area contributed by atoms with Gasteiger partial charge in [0.05, 0.1) is 6.61 Å². The maximum atomic E-state index is 12.5. The largest absolute Gasteiger partial charge is 0.480 e. The molecule has 0 bridgehead atoms. The predicted molar refractivity (Wildman–Crippen MR) is 107 cm³/mol. The van der Waals surface area contributed by atoms with Crippen LogP contribution in [0.1, 0.15) is 33.6 Å². The first kappa shape index (κ1) is 26.1. The molecule has 0 heterocycles. The quantitative estimate of drug-likeness (QED) is 0.213. The van der Waals surface area contributed by atoms with Crippen LogP contribution in [0.2, 0.25) is 0 Å². The standard InChI is InChI=1S/C17H32N4O6S/c1-5-9(2)13(17(26)27)21-14(23)10(3)19-16(25)12(6-7-28-4)20-15(24)11(18)8-22/h9-13,22H,5-8,18H2,1-4H3,(H,19,25)(H,20,24)(H,21,23)(H,26,27). The molecule has 7 N–H and O–H groups in total. The highest BCUT2D eigenvalue weighted by Gasteiger charge is 2.29. The molecule has 5 unspecified atom stereocenters. The van der Waals surface area contributed by atoms with Gasteiger partial charge in [-0.2, -0.15) is 11.8 Å². The minimum atomic E-state index is -1.16. The first-order valence-electron chi connectivity index (χ1n) is 9.08. The van der Waals surface area contributed by atoms with Crippen molar-refractivity contribution in [2.24, 2.45) is 11.7 Å². The van der Waals surface area contributed by atoms with E-state index in [4.69, 9.17) is 10.8 Å². The average molecular weight is 421 g/mol. The molecule has 0 saturated heterocycles. The van der Waals surface area contributed by atoms with Gasteiger partial charge in [0.15, 0.2) is 0 Å². The lowest BCUT2D eigenvalue weighted by atomic mass is 9.99. The van der Waals surface area contributed by atoms with Crippen LogP contribution in [-0.4, -0.2) is 76.7 Å². The predicted octanol–water partition coefficient (Wildman–Crippen LogP) is -1.34. The minimum Gasteiger partial charge on any atom is -0.480 e. The van der Waals surface area contributed by atoms with E-state index in [0.29, 0.717) is 18.6 Å². The normalized spacial score (nSPS) is 16.2. The van der Waals surface area contributed by atoms with Crippen LogP contribution in [0.5, 0.6) is 0 Å². The molecule has 0 fully saturated rings. The summed E-state index contributed by atoms with van der Waals surface area (Å²) in [4.78, 5) is 48.0. The van der Waals surface area contributed by atoms with E-state index in [1.165, 1.54) is 18.7 Å². The highest BCUT2D eigenvalue weighted by atomic mass is 32.2. The van der Waals surface area contributed by atoms with Gasteiger partial charge in [0.1, 0.15) is 24.2 Å². The van der Waals surface area contributed by atoms with Gasteiger partial charge in [-0.25, -0.2) is 4.79 Å². The number of rotatable bonds is 13. The van der Waals surface area contributed by atoms with Crippen LogP contribution in [0.25, 0.3) is 0 Å². The summed E-state index contributed by atoms with van der Waals surface area (Å²) >= 11 is 1.47. The Kier molecular flexibility index (Phi) is 12.5. The Morgan fingerprint density at radius 3 is 2.11 bits per heavy atom. The molecule has 5 atom stereocenters. The zero-order valence-electron chi connectivity index (χ0n) is 16.7. The van der Waals surface area contributed by atoms with Crippen molar-refractivity contribution >= 4 is 35.5 Å². The summed E-state index contributed by atoms with van der Waals surface area (Å²) in [6.07, 6.45) is 2.70. The Balaban J connectivity index is 5.00. The summed E-state index contributed by atoms with van der Waals surface area (Å²) < 4.78 is 0. The monoisotopic (exact) mass is 420 g/mol. The lowest BCUT2D eigenvalue weighted by Crippen LogP contribution is -2.57. The number of aliphatic carboxylic acids is 1. The molecular formula is C17H32N4O6S. The summed E-state index contributed by atoms with van der Waals surface area (Å²) in [6, 6.07) is -4.15. The second-order valence-electron chi connectivity index (χ2n) is 6.57. The molecule has 0 rings (SSSR count). The topological polar surface area (TPSA) is 171 Å². The molecule has 0 spiro atoms. The van der Waals surface area contributed by atoms with Crippen LogP contribution >= 0.6 is 11.8 Å². The summed E-state index contributed by atoms with van der Waals surface area (Å²) in [6.45, 7) is 4.39. The Labute approximate surface area is 169 Å². The number of carboxylic acids is 1. The highest BCUT2D eigenvalue weighted by Crippen LogP contribution is 2.08. The number of thioether (sulfide) groups is 1. The zero-order chi connectivity index (χ0) is 21.9. The number of nitrogens with one attached hydrogen (secondary N) is 3. The fraction of sp³-hybridized carbons (Fsp3) is 0.765. The van der Waals surface area contributed by atoms with Crippen LogP contribution in [0, 0.1) is 5.92 Å². The molecule has 28 heavy (non-hydrogen) atoms. The van der Waals surface area contributed by atoms with E-state index in [1.54, 1.807) is 6.92 Å². The molecule has 0 aromatic rings. The van der Waals surface area contributed by atoms with Crippen LogP contribution < -0.4 is 21.7 Å². The number of aliphatic hydroxyl groups excluding tert-OH is 1. The van der Waals surface area contributed by atoms with E-state index >= 15 is 0 Å². The van der Waals surface area contributed by atoms with E-state index in [9.17, 15) is 24.3 Å². The molecule has 11 heteroatoms. The number of aliphatic hydroxyl groups is 1. The Hall–Kier alpha value is -1.85. The number of carbonyl (C=O) groups is 4. The van der Waals surface area contributed by atoms with Gasteiger partial charge in [0.2, 0.25) is 17.7 Å². The van der Waals surface area contributed by atoms with Gasteiger partial charge in [0, 0.05) is 0 Å².